The molecule has 0 heterocycles. The molecule has 0 aromatic rings. The highest BCUT2D eigenvalue weighted by molar-refractivity contribution is 5.12. The van der Waals surface area contributed by atoms with Gasteiger partial charge in [0.05, 0.1) is 5.54 Å². The summed E-state index contributed by atoms with van der Waals surface area (Å²) in [5.41, 5.74) is 15.3. The van der Waals surface area contributed by atoms with Crippen LogP contribution in [0.5, 0.6) is 0 Å². The summed E-state index contributed by atoms with van der Waals surface area (Å²) in [7, 11) is 0. The van der Waals surface area contributed by atoms with Crippen molar-refractivity contribution >= 4 is 0 Å². The third-order valence-corrected chi connectivity index (χ3v) is 0.911. The van der Waals surface area contributed by atoms with Gasteiger partial charge in [0.2, 0.25) is 0 Å². The van der Waals surface area contributed by atoms with Gasteiger partial charge in [0.1, 0.15) is 0 Å². The average Bonchev–Trinajstić information content (AvgIpc) is 1.64. The van der Waals surface area contributed by atoms with Gasteiger partial charge in [-0.15, -0.1) is 0 Å². The maximum Gasteiger partial charge on any atom is 0.0529 e. The van der Waals surface area contributed by atoms with Crippen molar-refractivity contribution in [3.05, 3.63) is 24.6 Å². The fourth-order valence-electron chi connectivity index (χ4n) is 0.470. The van der Waals surface area contributed by atoms with Crippen LogP contribution in [0.15, 0.2) is 24.6 Å². The van der Waals surface area contributed by atoms with Crippen molar-refractivity contribution in [2.45, 2.75) is 12.5 Å². The Balaban J connectivity index is 4.01. The van der Waals surface area contributed by atoms with Crippen molar-refractivity contribution in [3.63, 3.8) is 0 Å². The number of nitrogens with two attached hydrogens (primary N) is 3. The van der Waals surface area contributed by atoms with E-state index in [1.54, 1.807) is 19.1 Å². The van der Waals surface area contributed by atoms with Gasteiger partial charge in [0.25, 0.3) is 0 Å². The van der Waals surface area contributed by atoms with Crippen molar-refractivity contribution in [1.82, 2.24) is 0 Å². The average molecular weight is 127 g/mol. The lowest BCUT2D eigenvalue weighted by atomic mass is 10.1. The molecule has 0 spiro atoms. The zero-order chi connectivity index (χ0) is 7.33. The minimum Gasteiger partial charge on any atom is -0.405 e. The molecule has 52 valence electrons. The summed E-state index contributed by atoms with van der Waals surface area (Å²) in [6.45, 7) is 1.81. The third kappa shape index (κ3) is 3.61. The Bertz CT molecular complexity index is 110. The third-order valence-electron chi connectivity index (χ3n) is 0.911. The lowest BCUT2D eigenvalue weighted by Crippen LogP contribution is -2.31. The van der Waals surface area contributed by atoms with Crippen LogP contribution >= 0.6 is 0 Å². The minimum atomic E-state index is -0.510. The fraction of sp³-hybridized carbons (Fsp3) is 0.333. The number of rotatable bonds is 2. The summed E-state index contributed by atoms with van der Waals surface area (Å²) < 4.78 is 0. The van der Waals surface area contributed by atoms with E-state index in [0.29, 0.717) is 0 Å². The topological polar surface area (TPSA) is 78.1 Å². The highest BCUT2D eigenvalue weighted by Gasteiger charge is 2.06. The zero-order valence-corrected chi connectivity index (χ0v) is 5.54. The molecule has 0 bridgehead atoms. The highest BCUT2D eigenvalue weighted by Crippen LogP contribution is 2.00. The summed E-state index contributed by atoms with van der Waals surface area (Å²) in [4.78, 5) is 0. The van der Waals surface area contributed by atoms with Crippen molar-refractivity contribution < 1.29 is 0 Å². The largest absolute Gasteiger partial charge is 0.405 e. The molecule has 9 heavy (non-hydrogen) atoms. The molecule has 0 aliphatic heterocycles. The molecule has 0 atom stereocenters. The normalized spacial score (nSPS) is 13.6. The smallest absolute Gasteiger partial charge is 0.0529 e. The molecule has 3 heteroatoms. The quantitative estimate of drug-likeness (QED) is 0.474. The van der Waals surface area contributed by atoms with E-state index in [9.17, 15) is 0 Å². The predicted molar refractivity (Wildman–Crippen MR) is 39.2 cm³/mol. The van der Waals surface area contributed by atoms with E-state index in [1.165, 1.54) is 12.4 Å². The van der Waals surface area contributed by atoms with Crippen LogP contribution in [0.25, 0.3) is 0 Å². The molecule has 0 aromatic heterocycles. The SMILES string of the molecule is CC(N)(/C=C\N)/C=C\N. The lowest BCUT2D eigenvalue weighted by Gasteiger charge is -2.12. The van der Waals surface area contributed by atoms with Gasteiger partial charge >= 0.3 is 0 Å². The Hall–Kier alpha value is -0.960. The maximum atomic E-state index is 5.60. The van der Waals surface area contributed by atoms with Crippen molar-refractivity contribution in [2.75, 3.05) is 0 Å². The zero-order valence-electron chi connectivity index (χ0n) is 5.54. The first kappa shape index (κ1) is 8.04. The van der Waals surface area contributed by atoms with Crippen LogP contribution in [0, 0.1) is 0 Å². The second-order valence-corrected chi connectivity index (χ2v) is 2.08. The van der Waals surface area contributed by atoms with Gasteiger partial charge in [-0.25, -0.2) is 0 Å². The van der Waals surface area contributed by atoms with Gasteiger partial charge in [0, 0.05) is 0 Å². The fourth-order valence-corrected chi connectivity index (χ4v) is 0.470. The molecular weight excluding hydrogens is 114 g/mol. The summed E-state index contributed by atoms with van der Waals surface area (Å²) in [6, 6.07) is 0. The maximum absolute atomic E-state index is 5.60. The van der Waals surface area contributed by atoms with E-state index in [2.05, 4.69) is 0 Å². The van der Waals surface area contributed by atoms with E-state index in [4.69, 9.17) is 17.2 Å². The van der Waals surface area contributed by atoms with Crippen LogP contribution in [0.1, 0.15) is 6.92 Å². The molecule has 0 radical (unpaired) electrons. The van der Waals surface area contributed by atoms with Crippen molar-refractivity contribution in [1.29, 1.82) is 0 Å². The van der Waals surface area contributed by atoms with Gasteiger partial charge in [0.15, 0.2) is 0 Å². The van der Waals surface area contributed by atoms with Gasteiger partial charge in [-0.05, 0) is 31.5 Å². The van der Waals surface area contributed by atoms with Crippen LogP contribution in [-0.4, -0.2) is 5.54 Å². The molecule has 0 saturated carbocycles. The van der Waals surface area contributed by atoms with Crippen LogP contribution in [-0.2, 0) is 0 Å². The van der Waals surface area contributed by atoms with Gasteiger partial charge in [-0.1, -0.05) is 0 Å². The summed E-state index contributed by atoms with van der Waals surface area (Å²) in [6.07, 6.45) is 6.13. The van der Waals surface area contributed by atoms with Crippen LogP contribution in [0.3, 0.4) is 0 Å². The van der Waals surface area contributed by atoms with Gasteiger partial charge < -0.3 is 17.2 Å². The summed E-state index contributed by atoms with van der Waals surface area (Å²) in [5, 5.41) is 0. The van der Waals surface area contributed by atoms with Gasteiger partial charge in [-0.3, -0.25) is 0 Å². The van der Waals surface area contributed by atoms with Crippen molar-refractivity contribution in [3.8, 4) is 0 Å². The van der Waals surface area contributed by atoms with E-state index < -0.39 is 5.54 Å². The Morgan fingerprint density at radius 2 is 1.44 bits per heavy atom. The Morgan fingerprint density at radius 1 is 1.11 bits per heavy atom. The molecule has 0 fully saturated rings. The first-order valence-electron chi connectivity index (χ1n) is 2.70. The van der Waals surface area contributed by atoms with E-state index in [-0.39, 0.29) is 0 Å². The Morgan fingerprint density at radius 3 is 1.67 bits per heavy atom. The summed E-state index contributed by atoms with van der Waals surface area (Å²) in [5.74, 6) is 0. The van der Waals surface area contributed by atoms with Crippen molar-refractivity contribution in [2.24, 2.45) is 17.2 Å². The first-order valence-corrected chi connectivity index (χ1v) is 2.70. The molecule has 0 aromatic carbocycles. The molecule has 6 N–H and O–H groups in total. The standard InChI is InChI=1S/C6H13N3/c1-6(9,2-4-7)3-5-8/h2-5H,7-9H2,1H3/b4-2-,5-3-. The Labute approximate surface area is 55.2 Å². The molecule has 0 rings (SSSR count). The molecule has 0 saturated heterocycles. The molecule has 0 amide bonds. The van der Waals surface area contributed by atoms with E-state index in [0.717, 1.165) is 0 Å². The lowest BCUT2D eigenvalue weighted by molar-refractivity contribution is 0.731. The first-order chi connectivity index (χ1) is 4.12. The second kappa shape index (κ2) is 3.14. The second-order valence-electron chi connectivity index (χ2n) is 2.08. The monoisotopic (exact) mass is 127 g/mol. The minimum absolute atomic E-state index is 0.510. The number of hydrogen-bond donors (Lipinski definition) is 3. The van der Waals surface area contributed by atoms with Crippen LogP contribution in [0.2, 0.25) is 0 Å². The molecule has 0 aliphatic rings. The predicted octanol–water partition coefficient (Wildman–Crippen LogP) is -0.351. The number of hydrogen-bond acceptors (Lipinski definition) is 3. The molecule has 0 aliphatic carbocycles. The van der Waals surface area contributed by atoms with Crippen LogP contribution in [0.4, 0.5) is 0 Å². The highest BCUT2D eigenvalue weighted by atomic mass is 14.7. The molecule has 0 unspecified atom stereocenters. The van der Waals surface area contributed by atoms with Crippen LogP contribution < -0.4 is 17.2 Å². The molecular formula is C6H13N3. The van der Waals surface area contributed by atoms with E-state index >= 15 is 0 Å². The van der Waals surface area contributed by atoms with E-state index in [1.807, 2.05) is 0 Å². The summed E-state index contributed by atoms with van der Waals surface area (Å²) >= 11 is 0. The Kier molecular flexibility index (Phi) is 2.81. The van der Waals surface area contributed by atoms with Gasteiger partial charge in [-0.2, -0.15) is 0 Å². The molecule has 3 nitrogen and oxygen atoms in total.